The summed E-state index contributed by atoms with van der Waals surface area (Å²) in [7, 11) is 1.55. The minimum absolute atomic E-state index is 0.199. The summed E-state index contributed by atoms with van der Waals surface area (Å²) in [6.45, 7) is 10.9. The minimum Gasteiger partial charge on any atom is -0.497 e. The molecule has 0 saturated heterocycles. The van der Waals surface area contributed by atoms with Crippen LogP contribution in [0.25, 0.3) is 0 Å². The lowest BCUT2D eigenvalue weighted by molar-refractivity contribution is 0.0519. The molecule has 0 unspecified atom stereocenters. The fourth-order valence-corrected chi connectivity index (χ4v) is 3.33. The summed E-state index contributed by atoms with van der Waals surface area (Å²) in [5.74, 6) is -0.437. The Kier molecular flexibility index (Phi) is 7.58. The van der Waals surface area contributed by atoms with Gasteiger partial charge in [0.2, 0.25) is 0 Å². The number of methoxy groups -OCH3 is 1. The van der Waals surface area contributed by atoms with Crippen LogP contribution in [0.5, 0.6) is 5.75 Å². The van der Waals surface area contributed by atoms with Crippen molar-refractivity contribution < 1.29 is 23.9 Å². The van der Waals surface area contributed by atoms with Gasteiger partial charge in [0.15, 0.2) is 5.78 Å². The number of nitrogens with zero attached hydrogens (tertiary/aromatic N) is 1. The summed E-state index contributed by atoms with van der Waals surface area (Å²) in [6, 6.07) is 5.93. The fraction of sp³-hybridized carbons (Fsp3) is 0.348. The Morgan fingerprint density at radius 3 is 2.37 bits per heavy atom. The Bertz CT molecular complexity index is 943. The van der Waals surface area contributed by atoms with Gasteiger partial charge in [-0.15, -0.1) is 6.58 Å². The highest BCUT2D eigenvalue weighted by molar-refractivity contribution is 6.07. The van der Waals surface area contributed by atoms with Gasteiger partial charge in [-0.3, -0.25) is 9.59 Å². The minimum atomic E-state index is -0.763. The average Bonchev–Trinajstić information content (AvgIpc) is 3.04. The molecule has 2 aromatic rings. The van der Waals surface area contributed by atoms with E-state index in [1.165, 1.54) is 4.90 Å². The Labute approximate surface area is 176 Å². The molecule has 0 aliphatic heterocycles. The maximum absolute atomic E-state index is 13.3. The Morgan fingerprint density at radius 1 is 1.20 bits per heavy atom. The lowest BCUT2D eigenvalue weighted by Gasteiger charge is -2.27. The summed E-state index contributed by atoms with van der Waals surface area (Å²) in [6.07, 6.45) is 1.58. The summed E-state index contributed by atoms with van der Waals surface area (Å²) in [5.41, 5.74) is 2.15. The van der Waals surface area contributed by atoms with E-state index in [1.54, 1.807) is 65.1 Å². The molecule has 1 N–H and O–H groups in total. The molecular formula is C23H28N2O5. The number of aromatic nitrogens is 1. The third-order valence-corrected chi connectivity index (χ3v) is 4.93. The zero-order valence-corrected chi connectivity index (χ0v) is 18.1. The van der Waals surface area contributed by atoms with E-state index in [0.717, 1.165) is 0 Å². The zero-order chi connectivity index (χ0) is 22.4. The number of amides is 1. The number of nitrogens with one attached hydrogen (secondary N) is 1. The normalized spacial score (nSPS) is 11.5. The van der Waals surface area contributed by atoms with E-state index in [0.29, 0.717) is 28.1 Å². The Morgan fingerprint density at radius 2 is 1.83 bits per heavy atom. The standard InChI is InChI=1S/C23H28N2O5/c1-7-13-25(22(27)17-9-11-18(29-6)12-10-17)16(5)21(26)19-14(3)20(24-15(19)4)23(28)30-8-2/h7,9-12,16,24H,1,8,13H2,2-6H3/t16-/m0/s1. The van der Waals surface area contributed by atoms with Crippen molar-refractivity contribution in [2.45, 2.75) is 33.7 Å². The fourth-order valence-electron chi connectivity index (χ4n) is 3.33. The van der Waals surface area contributed by atoms with Crippen molar-refractivity contribution in [3.63, 3.8) is 0 Å². The van der Waals surface area contributed by atoms with Gasteiger partial charge >= 0.3 is 5.97 Å². The first-order chi connectivity index (χ1) is 14.3. The molecule has 0 bridgehead atoms. The predicted octanol–water partition coefficient (Wildman–Crippen LogP) is 3.72. The Balaban J connectivity index is 2.36. The van der Waals surface area contributed by atoms with Gasteiger partial charge in [-0.05, 0) is 57.5 Å². The third kappa shape index (κ3) is 4.62. The highest BCUT2D eigenvalue weighted by Gasteiger charge is 2.31. The van der Waals surface area contributed by atoms with Gasteiger partial charge in [-0.2, -0.15) is 0 Å². The van der Waals surface area contributed by atoms with Crippen LogP contribution in [0.15, 0.2) is 36.9 Å². The van der Waals surface area contributed by atoms with Crippen LogP contribution < -0.4 is 4.74 Å². The number of hydrogen-bond acceptors (Lipinski definition) is 5. The maximum Gasteiger partial charge on any atom is 0.355 e. The van der Waals surface area contributed by atoms with Crippen molar-refractivity contribution in [3.8, 4) is 5.75 Å². The van der Waals surface area contributed by atoms with E-state index < -0.39 is 12.0 Å². The van der Waals surface area contributed by atoms with Gasteiger partial charge in [0.1, 0.15) is 11.4 Å². The van der Waals surface area contributed by atoms with Gasteiger partial charge in [0.25, 0.3) is 5.91 Å². The SMILES string of the molecule is C=CCN(C(=O)c1ccc(OC)cc1)[C@@H](C)C(=O)c1c(C)[nH]c(C(=O)OCC)c1C. The van der Waals surface area contributed by atoms with Crippen LogP contribution in [0, 0.1) is 13.8 Å². The number of carbonyl (C=O) groups is 3. The molecule has 1 atom stereocenters. The third-order valence-electron chi connectivity index (χ3n) is 4.93. The lowest BCUT2D eigenvalue weighted by atomic mass is 9.99. The molecule has 7 nitrogen and oxygen atoms in total. The number of hydrogen-bond donors (Lipinski definition) is 1. The molecule has 1 aromatic heterocycles. The molecule has 0 aliphatic rings. The molecule has 1 aromatic carbocycles. The largest absolute Gasteiger partial charge is 0.497 e. The van der Waals surface area contributed by atoms with Gasteiger partial charge in [0.05, 0.1) is 19.8 Å². The van der Waals surface area contributed by atoms with Crippen LogP contribution in [0.3, 0.4) is 0 Å². The highest BCUT2D eigenvalue weighted by Crippen LogP contribution is 2.23. The van der Waals surface area contributed by atoms with E-state index >= 15 is 0 Å². The molecule has 1 amide bonds. The molecule has 0 aliphatic carbocycles. The molecule has 7 heteroatoms. The van der Waals surface area contributed by atoms with Crippen LogP contribution in [0.4, 0.5) is 0 Å². The summed E-state index contributed by atoms with van der Waals surface area (Å²) < 4.78 is 10.2. The van der Waals surface area contributed by atoms with Crippen LogP contribution in [-0.4, -0.2) is 53.8 Å². The average molecular weight is 412 g/mol. The monoisotopic (exact) mass is 412 g/mol. The molecule has 160 valence electrons. The van der Waals surface area contributed by atoms with Crippen molar-refractivity contribution in [2.75, 3.05) is 20.3 Å². The van der Waals surface area contributed by atoms with Gasteiger partial charge in [-0.1, -0.05) is 6.08 Å². The molecule has 1 heterocycles. The summed E-state index contributed by atoms with van der Waals surface area (Å²) in [4.78, 5) is 42.9. The lowest BCUT2D eigenvalue weighted by Crippen LogP contribution is -2.43. The number of Topliss-reactive ketones (excluding diaryl/α,β-unsaturated/α-hetero) is 1. The van der Waals surface area contributed by atoms with Crippen LogP contribution >= 0.6 is 0 Å². The van der Waals surface area contributed by atoms with E-state index in [2.05, 4.69) is 11.6 Å². The molecule has 2 rings (SSSR count). The molecule has 0 spiro atoms. The maximum atomic E-state index is 13.3. The van der Waals surface area contributed by atoms with Crippen LogP contribution in [0.2, 0.25) is 0 Å². The van der Waals surface area contributed by atoms with E-state index in [9.17, 15) is 14.4 Å². The highest BCUT2D eigenvalue weighted by atomic mass is 16.5. The number of carbonyl (C=O) groups excluding carboxylic acids is 3. The van der Waals surface area contributed by atoms with Gasteiger partial charge in [-0.25, -0.2) is 4.79 Å². The number of H-pyrrole nitrogens is 1. The zero-order valence-electron chi connectivity index (χ0n) is 18.1. The second-order valence-electron chi connectivity index (χ2n) is 6.86. The molecule has 30 heavy (non-hydrogen) atoms. The second-order valence-corrected chi connectivity index (χ2v) is 6.86. The van der Waals surface area contributed by atoms with Crippen molar-refractivity contribution in [3.05, 3.63) is 65.0 Å². The van der Waals surface area contributed by atoms with Crippen LogP contribution in [0.1, 0.15) is 56.3 Å². The first-order valence-electron chi connectivity index (χ1n) is 9.73. The molecule has 0 fully saturated rings. The van der Waals surface area contributed by atoms with Gasteiger partial charge < -0.3 is 19.4 Å². The number of aryl methyl sites for hydroxylation is 1. The van der Waals surface area contributed by atoms with Gasteiger partial charge in [0, 0.05) is 23.4 Å². The number of benzene rings is 1. The van der Waals surface area contributed by atoms with E-state index in [-0.39, 0.29) is 30.5 Å². The number of esters is 1. The number of ether oxygens (including phenoxy) is 2. The van der Waals surface area contributed by atoms with Crippen molar-refractivity contribution in [2.24, 2.45) is 0 Å². The number of ketones is 1. The number of rotatable bonds is 9. The van der Waals surface area contributed by atoms with Crippen molar-refractivity contribution >= 4 is 17.7 Å². The molecule has 0 saturated carbocycles. The quantitative estimate of drug-likeness (QED) is 0.385. The number of aromatic amines is 1. The summed E-state index contributed by atoms with van der Waals surface area (Å²) >= 11 is 0. The van der Waals surface area contributed by atoms with Crippen LogP contribution in [-0.2, 0) is 4.74 Å². The molecule has 0 radical (unpaired) electrons. The first-order valence-corrected chi connectivity index (χ1v) is 9.73. The molecular weight excluding hydrogens is 384 g/mol. The predicted molar refractivity (Wildman–Crippen MR) is 114 cm³/mol. The second kappa shape index (κ2) is 9.91. The van der Waals surface area contributed by atoms with E-state index in [4.69, 9.17) is 9.47 Å². The van der Waals surface area contributed by atoms with Crippen molar-refractivity contribution in [1.29, 1.82) is 0 Å². The first kappa shape index (κ1) is 22.9. The Hall–Kier alpha value is -3.35. The smallest absolute Gasteiger partial charge is 0.355 e. The van der Waals surface area contributed by atoms with Crippen molar-refractivity contribution in [1.82, 2.24) is 9.88 Å². The van der Waals surface area contributed by atoms with E-state index in [1.807, 2.05) is 0 Å². The summed E-state index contributed by atoms with van der Waals surface area (Å²) in [5, 5.41) is 0. The topological polar surface area (TPSA) is 88.7 Å².